The van der Waals surface area contributed by atoms with E-state index in [4.69, 9.17) is 5.73 Å². The maximum atomic E-state index is 12.5. The Labute approximate surface area is 125 Å². The fraction of sp³-hybridized carbons (Fsp3) is 0.500. The number of amides is 1. The summed E-state index contributed by atoms with van der Waals surface area (Å²) in [6.07, 6.45) is 1.29. The molecule has 0 aromatic heterocycles. The van der Waals surface area contributed by atoms with Crippen LogP contribution in [0.5, 0.6) is 0 Å². The molecule has 6 nitrogen and oxygen atoms in total. The van der Waals surface area contributed by atoms with Crippen LogP contribution in [0.1, 0.15) is 18.4 Å². The van der Waals surface area contributed by atoms with Gasteiger partial charge in [0.15, 0.2) is 0 Å². The lowest BCUT2D eigenvalue weighted by atomic mass is 10.2. The van der Waals surface area contributed by atoms with Gasteiger partial charge in [0.05, 0.1) is 5.75 Å². The molecule has 1 heterocycles. The Bertz CT molecular complexity index is 611. The summed E-state index contributed by atoms with van der Waals surface area (Å²) in [6.45, 7) is 0.404. The van der Waals surface area contributed by atoms with Crippen LogP contribution in [0.25, 0.3) is 0 Å². The third-order valence-electron chi connectivity index (χ3n) is 3.62. The van der Waals surface area contributed by atoms with Gasteiger partial charge in [0.25, 0.3) is 0 Å². The topological polar surface area (TPSA) is 83.7 Å². The van der Waals surface area contributed by atoms with E-state index in [0.717, 1.165) is 0 Å². The van der Waals surface area contributed by atoms with Gasteiger partial charge in [0.1, 0.15) is 6.04 Å². The Morgan fingerprint density at radius 1 is 1.33 bits per heavy atom. The zero-order valence-electron chi connectivity index (χ0n) is 12.3. The quantitative estimate of drug-likeness (QED) is 0.828. The number of nitrogens with zero attached hydrogens (tertiary/aromatic N) is 2. The monoisotopic (exact) mass is 311 g/mol. The largest absolute Gasteiger partial charge is 0.399 e. The lowest BCUT2D eigenvalue weighted by Gasteiger charge is -2.25. The molecule has 1 fully saturated rings. The fourth-order valence-electron chi connectivity index (χ4n) is 2.53. The number of nitrogens with two attached hydrogens (primary N) is 1. The zero-order valence-corrected chi connectivity index (χ0v) is 13.1. The van der Waals surface area contributed by atoms with Crippen LogP contribution in [0.15, 0.2) is 24.3 Å². The van der Waals surface area contributed by atoms with Crippen LogP contribution >= 0.6 is 0 Å². The predicted octanol–water partition coefficient (Wildman–Crippen LogP) is 0.651. The molecule has 1 aliphatic heterocycles. The van der Waals surface area contributed by atoms with Gasteiger partial charge in [0.2, 0.25) is 15.9 Å². The minimum Gasteiger partial charge on any atom is -0.399 e. The third kappa shape index (κ3) is 3.54. The van der Waals surface area contributed by atoms with Gasteiger partial charge in [-0.05, 0) is 30.5 Å². The van der Waals surface area contributed by atoms with Crippen LogP contribution in [0.4, 0.5) is 5.69 Å². The Morgan fingerprint density at radius 3 is 2.52 bits per heavy atom. The average Bonchev–Trinajstić information content (AvgIpc) is 2.90. The van der Waals surface area contributed by atoms with Crippen LogP contribution in [0.2, 0.25) is 0 Å². The van der Waals surface area contributed by atoms with E-state index in [9.17, 15) is 13.2 Å². The van der Waals surface area contributed by atoms with Gasteiger partial charge in [0, 0.05) is 26.3 Å². The van der Waals surface area contributed by atoms with Crippen molar-refractivity contribution < 1.29 is 13.2 Å². The van der Waals surface area contributed by atoms with Gasteiger partial charge in [-0.3, -0.25) is 4.79 Å². The van der Waals surface area contributed by atoms with Gasteiger partial charge in [-0.1, -0.05) is 12.1 Å². The minimum atomic E-state index is -3.51. The second-order valence-corrected chi connectivity index (χ2v) is 7.42. The number of hydrogen-bond acceptors (Lipinski definition) is 4. The van der Waals surface area contributed by atoms with Crippen molar-refractivity contribution >= 4 is 21.6 Å². The Kier molecular flexibility index (Phi) is 4.53. The molecular formula is C14H21N3O3S. The van der Waals surface area contributed by atoms with E-state index in [2.05, 4.69) is 0 Å². The van der Waals surface area contributed by atoms with Gasteiger partial charge in [-0.25, -0.2) is 8.42 Å². The predicted molar refractivity (Wildman–Crippen MR) is 81.9 cm³/mol. The molecule has 1 aromatic carbocycles. The molecule has 2 rings (SSSR count). The number of rotatable bonds is 4. The zero-order chi connectivity index (χ0) is 15.6. The van der Waals surface area contributed by atoms with E-state index in [1.54, 1.807) is 38.4 Å². The van der Waals surface area contributed by atoms with Crippen molar-refractivity contribution in [1.29, 1.82) is 0 Å². The molecule has 1 atom stereocenters. The summed E-state index contributed by atoms with van der Waals surface area (Å²) in [6, 6.07) is 6.19. The molecule has 0 radical (unpaired) electrons. The van der Waals surface area contributed by atoms with Crippen molar-refractivity contribution in [1.82, 2.24) is 9.21 Å². The molecule has 7 heteroatoms. The number of likely N-dealkylation sites (N-methyl/N-ethyl adjacent to an activating group) is 1. The van der Waals surface area contributed by atoms with Crippen molar-refractivity contribution in [2.24, 2.45) is 0 Å². The first-order chi connectivity index (χ1) is 9.81. The van der Waals surface area contributed by atoms with E-state index in [1.165, 1.54) is 9.21 Å². The second kappa shape index (κ2) is 6.03. The molecule has 2 N–H and O–H groups in total. The highest BCUT2D eigenvalue weighted by Crippen LogP contribution is 2.24. The standard InChI is InChI=1S/C14H21N3O3S/c1-16(2)14(18)13-4-3-9-17(13)21(19,20)10-11-5-7-12(15)8-6-11/h5-8,13H,3-4,9-10,15H2,1-2H3. The van der Waals surface area contributed by atoms with Crippen LogP contribution < -0.4 is 5.73 Å². The molecule has 0 aliphatic carbocycles. The number of nitrogen functional groups attached to an aromatic ring is 1. The molecule has 1 saturated heterocycles. The first-order valence-corrected chi connectivity index (χ1v) is 8.47. The van der Waals surface area contributed by atoms with Gasteiger partial charge >= 0.3 is 0 Å². The first kappa shape index (κ1) is 15.8. The molecule has 116 valence electrons. The molecule has 0 spiro atoms. The van der Waals surface area contributed by atoms with E-state index in [1.807, 2.05) is 0 Å². The van der Waals surface area contributed by atoms with E-state index >= 15 is 0 Å². The highest BCUT2D eigenvalue weighted by atomic mass is 32.2. The molecule has 1 amide bonds. The lowest BCUT2D eigenvalue weighted by Crippen LogP contribution is -2.45. The number of benzene rings is 1. The van der Waals surface area contributed by atoms with Crippen LogP contribution in [-0.4, -0.2) is 50.2 Å². The SMILES string of the molecule is CN(C)C(=O)C1CCCN1S(=O)(=O)Cc1ccc(N)cc1. The summed E-state index contributed by atoms with van der Waals surface area (Å²) in [4.78, 5) is 13.5. The fourth-order valence-corrected chi connectivity index (χ4v) is 4.30. The highest BCUT2D eigenvalue weighted by Gasteiger charge is 2.39. The minimum absolute atomic E-state index is 0.107. The molecule has 21 heavy (non-hydrogen) atoms. The summed E-state index contributed by atoms with van der Waals surface area (Å²) in [5.41, 5.74) is 6.87. The number of anilines is 1. The summed E-state index contributed by atoms with van der Waals surface area (Å²) in [5, 5.41) is 0. The van der Waals surface area contributed by atoms with Gasteiger partial charge < -0.3 is 10.6 Å². The third-order valence-corrected chi connectivity index (χ3v) is 5.47. The summed E-state index contributed by atoms with van der Waals surface area (Å²) >= 11 is 0. The van der Waals surface area contributed by atoms with E-state index in [-0.39, 0.29) is 11.7 Å². The van der Waals surface area contributed by atoms with Crippen LogP contribution in [-0.2, 0) is 20.6 Å². The molecule has 1 unspecified atom stereocenters. The average molecular weight is 311 g/mol. The Morgan fingerprint density at radius 2 is 1.95 bits per heavy atom. The highest BCUT2D eigenvalue weighted by molar-refractivity contribution is 7.88. The Balaban J connectivity index is 2.18. The molecule has 1 aromatic rings. The summed E-state index contributed by atoms with van der Waals surface area (Å²) < 4.78 is 26.4. The molecule has 0 bridgehead atoms. The first-order valence-electron chi connectivity index (χ1n) is 6.86. The normalized spacial score (nSPS) is 19.6. The second-order valence-electron chi connectivity index (χ2n) is 5.50. The number of hydrogen-bond donors (Lipinski definition) is 1. The number of sulfonamides is 1. The molecule has 0 saturated carbocycles. The van der Waals surface area contributed by atoms with E-state index in [0.29, 0.717) is 30.6 Å². The number of carbonyl (C=O) groups excluding carboxylic acids is 1. The molecule has 1 aliphatic rings. The Hall–Kier alpha value is -1.60. The maximum Gasteiger partial charge on any atom is 0.240 e. The van der Waals surface area contributed by atoms with Crippen LogP contribution in [0, 0.1) is 0 Å². The van der Waals surface area contributed by atoms with Gasteiger partial charge in [-0.15, -0.1) is 0 Å². The van der Waals surface area contributed by atoms with Crippen molar-refractivity contribution in [3.8, 4) is 0 Å². The van der Waals surface area contributed by atoms with E-state index < -0.39 is 16.1 Å². The summed E-state index contributed by atoms with van der Waals surface area (Å²) in [5.74, 6) is -0.266. The van der Waals surface area contributed by atoms with Crippen molar-refractivity contribution in [2.45, 2.75) is 24.6 Å². The number of carbonyl (C=O) groups is 1. The van der Waals surface area contributed by atoms with Crippen molar-refractivity contribution in [2.75, 3.05) is 26.4 Å². The van der Waals surface area contributed by atoms with Crippen molar-refractivity contribution in [3.05, 3.63) is 29.8 Å². The smallest absolute Gasteiger partial charge is 0.240 e. The van der Waals surface area contributed by atoms with Crippen molar-refractivity contribution in [3.63, 3.8) is 0 Å². The summed E-state index contributed by atoms with van der Waals surface area (Å²) in [7, 11) is -0.220. The lowest BCUT2D eigenvalue weighted by molar-refractivity contribution is -0.132. The maximum absolute atomic E-state index is 12.5. The molecular weight excluding hydrogens is 290 g/mol. The van der Waals surface area contributed by atoms with Crippen LogP contribution in [0.3, 0.4) is 0 Å². The van der Waals surface area contributed by atoms with Gasteiger partial charge in [-0.2, -0.15) is 4.31 Å².